The van der Waals surface area contributed by atoms with Crippen LogP contribution in [0.1, 0.15) is 39.9 Å². The Kier molecular flexibility index (Phi) is 6.70. The maximum absolute atomic E-state index is 13.0. The molecular formula is C25H30B3N3O5. The molecule has 0 saturated carbocycles. The topological polar surface area (TPSA) is 88.2 Å². The number of hydrogen-bond acceptors (Lipinski definition) is 6. The fourth-order valence-electron chi connectivity index (χ4n) is 5.65. The molecule has 5 rings (SSSR count). The Morgan fingerprint density at radius 2 is 1.89 bits per heavy atom. The number of amides is 3. The SMILES string of the molecule is Bc1cc(COc2cccc3c2CN(C2CCC(=O)NC2=O)C3=O)ccc1C(B)(B)N1CCOCC1. The molecule has 0 bridgehead atoms. The van der Waals surface area contributed by atoms with E-state index in [1.54, 1.807) is 17.0 Å². The molecule has 3 heterocycles. The predicted octanol–water partition coefficient (Wildman–Crippen LogP) is -2.01. The Hall–Kier alpha value is -3.04. The number of rotatable bonds is 6. The highest BCUT2D eigenvalue weighted by molar-refractivity contribution is 6.43. The molecule has 2 saturated heterocycles. The van der Waals surface area contributed by atoms with E-state index in [1.807, 2.05) is 6.07 Å². The molecule has 0 aromatic heterocycles. The fraction of sp³-hybridized carbons (Fsp3) is 0.400. The van der Waals surface area contributed by atoms with E-state index >= 15 is 0 Å². The van der Waals surface area contributed by atoms with Gasteiger partial charge in [0, 0.05) is 30.6 Å². The largest absolute Gasteiger partial charge is 0.489 e. The fourth-order valence-corrected chi connectivity index (χ4v) is 5.65. The van der Waals surface area contributed by atoms with Crippen LogP contribution in [-0.2, 0) is 32.8 Å². The van der Waals surface area contributed by atoms with Gasteiger partial charge in [-0.05, 0) is 29.5 Å². The van der Waals surface area contributed by atoms with Crippen LogP contribution in [0.15, 0.2) is 36.4 Å². The minimum absolute atomic E-state index is 0.0899. The molecule has 8 nitrogen and oxygen atoms in total. The van der Waals surface area contributed by atoms with Crippen LogP contribution in [0.25, 0.3) is 0 Å². The minimum atomic E-state index is -0.638. The maximum Gasteiger partial charge on any atom is 0.255 e. The lowest BCUT2D eigenvalue weighted by Gasteiger charge is -2.42. The first kappa shape index (κ1) is 24.7. The second-order valence-electron chi connectivity index (χ2n) is 10.3. The summed E-state index contributed by atoms with van der Waals surface area (Å²) in [6, 6.07) is 11.3. The van der Waals surface area contributed by atoms with Crippen molar-refractivity contribution in [1.82, 2.24) is 15.1 Å². The third-order valence-corrected chi connectivity index (χ3v) is 7.69. The van der Waals surface area contributed by atoms with Gasteiger partial charge in [-0.2, -0.15) is 0 Å². The molecule has 36 heavy (non-hydrogen) atoms. The van der Waals surface area contributed by atoms with E-state index < -0.39 is 11.9 Å². The van der Waals surface area contributed by atoms with Gasteiger partial charge in [-0.1, -0.05) is 35.3 Å². The van der Waals surface area contributed by atoms with Crippen molar-refractivity contribution in [2.24, 2.45) is 0 Å². The van der Waals surface area contributed by atoms with Gasteiger partial charge >= 0.3 is 0 Å². The number of piperidine rings is 1. The van der Waals surface area contributed by atoms with Gasteiger partial charge in [-0.3, -0.25) is 19.7 Å². The standard InChI is InChI=1S/C25H30B3N3O5/c26-19-12-15(4-5-18(19)25(27,28)30-8-10-35-11-9-30)14-36-21-3-1-2-16-17(21)13-31(24(16)34)20-6-7-22(32)29-23(20)33/h1-5,12,20H,6-11,13-14,26-28H2,(H,29,32,33). The van der Waals surface area contributed by atoms with Gasteiger partial charge in [0.05, 0.1) is 19.8 Å². The van der Waals surface area contributed by atoms with Gasteiger partial charge in [0.1, 0.15) is 41.9 Å². The molecular weight excluding hydrogens is 455 g/mol. The van der Waals surface area contributed by atoms with Crippen molar-refractivity contribution >= 4 is 46.7 Å². The highest BCUT2D eigenvalue weighted by atomic mass is 16.5. The molecule has 2 fully saturated rings. The highest BCUT2D eigenvalue weighted by Crippen LogP contribution is 2.34. The van der Waals surface area contributed by atoms with Crippen molar-refractivity contribution in [3.8, 4) is 5.75 Å². The smallest absolute Gasteiger partial charge is 0.255 e. The molecule has 3 aliphatic rings. The number of nitrogens with one attached hydrogen (secondary N) is 1. The lowest BCUT2D eigenvalue weighted by Crippen LogP contribution is -2.54. The second kappa shape index (κ2) is 9.79. The zero-order valence-corrected chi connectivity index (χ0v) is 21.1. The van der Waals surface area contributed by atoms with Crippen LogP contribution < -0.4 is 15.5 Å². The molecule has 2 aromatic carbocycles. The first-order valence-electron chi connectivity index (χ1n) is 12.6. The number of morpholine rings is 1. The molecule has 3 amide bonds. The molecule has 0 spiro atoms. The van der Waals surface area contributed by atoms with Gasteiger partial charge in [-0.25, -0.2) is 0 Å². The molecule has 1 N–H and O–H groups in total. The summed E-state index contributed by atoms with van der Waals surface area (Å²) in [5, 5.41) is 2.25. The first-order chi connectivity index (χ1) is 17.3. The van der Waals surface area contributed by atoms with Gasteiger partial charge in [0.25, 0.3) is 5.91 Å². The number of imide groups is 1. The number of carbonyl (C=O) groups is 3. The van der Waals surface area contributed by atoms with E-state index in [-0.39, 0.29) is 23.6 Å². The van der Waals surface area contributed by atoms with Gasteiger partial charge in [0.15, 0.2) is 0 Å². The van der Waals surface area contributed by atoms with E-state index in [0.717, 1.165) is 37.4 Å². The van der Waals surface area contributed by atoms with E-state index in [1.165, 1.54) is 11.0 Å². The highest BCUT2D eigenvalue weighted by Gasteiger charge is 2.40. The van der Waals surface area contributed by atoms with Crippen LogP contribution in [0, 0.1) is 0 Å². The molecule has 1 unspecified atom stereocenters. The van der Waals surface area contributed by atoms with Crippen LogP contribution >= 0.6 is 0 Å². The molecule has 1 atom stereocenters. The lowest BCUT2D eigenvalue weighted by atomic mass is 9.54. The summed E-state index contributed by atoms with van der Waals surface area (Å²) in [5.74, 6) is -0.258. The van der Waals surface area contributed by atoms with E-state index in [0.29, 0.717) is 30.9 Å². The van der Waals surface area contributed by atoms with Gasteiger partial charge in [-0.15, -0.1) is 0 Å². The molecule has 184 valence electrons. The Morgan fingerprint density at radius 1 is 1.11 bits per heavy atom. The van der Waals surface area contributed by atoms with Crippen LogP contribution in [0.2, 0.25) is 0 Å². The molecule has 0 aliphatic carbocycles. The van der Waals surface area contributed by atoms with E-state index in [2.05, 4.69) is 52.0 Å². The molecule has 3 aliphatic heterocycles. The van der Waals surface area contributed by atoms with Crippen molar-refractivity contribution in [3.63, 3.8) is 0 Å². The summed E-state index contributed by atoms with van der Waals surface area (Å²) in [4.78, 5) is 40.9. The number of benzene rings is 2. The maximum atomic E-state index is 13.0. The number of nitrogens with zero attached hydrogens (tertiary/aromatic N) is 2. The normalized spacial score (nSPS) is 20.8. The van der Waals surface area contributed by atoms with Crippen molar-refractivity contribution in [3.05, 3.63) is 58.7 Å². The Balaban J connectivity index is 1.29. The van der Waals surface area contributed by atoms with Crippen molar-refractivity contribution in [1.29, 1.82) is 0 Å². The lowest BCUT2D eigenvalue weighted by molar-refractivity contribution is -0.136. The summed E-state index contributed by atoms with van der Waals surface area (Å²) in [6.45, 7) is 4.04. The second-order valence-corrected chi connectivity index (χ2v) is 10.3. The summed E-state index contributed by atoms with van der Waals surface area (Å²) >= 11 is 0. The summed E-state index contributed by atoms with van der Waals surface area (Å²) in [6.07, 6.45) is 0.574. The summed E-state index contributed by atoms with van der Waals surface area (Å²) in [5.41, 5.74) is 4.90. The van der Waals surface area contributed by atoms with E-state index in [4.69, 9.17) is 9.47 Å². The van der Waals surface area contributed by atoms with Crippen molar-refractivity contribution < 1.29 is 23.9 Å². The number of hydrogen-bond donors (Lipinski definition) is 1. The monoisotopic (exact) mass is 485 g/mol. The quantitative estimate of drug-likeness (QED) is 0.377. The molecule has 0 radical (unpaired) electrons. The number of ether oxygens (including phenoxy) is 2. The number of carbonyl (C=O) groups excluding carboxylic acids is 3. The van der Waals surface area contributed by atoms with Crippen LogP contribution in [0.4, 0.5) is 0 Å². The third-order valence-electron chi connectivity index (χ3n) is 7.69. The molecule has 2 aromatic rings. The summed E-state index contributed by atoms with van der Waals surface area (Å²) < 4.78 is 11.7. The van der Waals surface area contributed by atoms with Crippen LogP contribution in [0.5, 0.6) is 5.75 Å². The van der Waals surface area contributed by atoms with Crippen LogP contribution in [-0.4, -0.2) is 83.4 Å². The average Bonchev–Trinajstić information content (AvgIpc) is 3.20. The van der Waals surface area contributed by atoms with Crippen molar-refractivity contribution in [2.45, 2.75) is 37.4 Å². The average molecular weight is 485 g/mol. The third kappa shape index (κ3) is 4.57. The van der Waals surface area contributed by atoms with Gasteiger partial charge < -0.3 is 19.3 Å². The zero-order valence-electron chi connectivity index (χ0n) is 21.1. The Labute approximate surface area is 213 Å². The van der Waals surface area contributed by atoms with Crippen molar-refractivity contribution in [2.75, 3.05) is 26.3 Å². The minimum Gasteiger partial charge on any atom is -0.489 e. The summed E-state index contributed by atoms with van der Waals surface area (Å²) in [7, 11) is 6.66. The Morgan fingerprint density at radius 3 is 2.61 bits per heavy atom. The molecule has 11 heteroatoms. The zero-order chi connectivity index (χ0) is 25.4. The predicted molar refractivity (Wildman–Crippen MR) is 143 cm³/mol. The van der Waals surface area contributed by atoms with Crippen LogP contribution in [0.3, 0.4) is 0 Å². The number of fused-ring (bicyclic) bond motifs is 1. The first-order valence-corrected chi connectivity index (χ1v) is 12.6. The van der Waals surface area contributed by atoms with Gasteiger partial charge in [0.2, 0.25) is 11.8 Å². The Bertz CT molecular complexity index is 1220. The van der Waals surface area contributed by atoms with E-state index in [9.17, 15) is 14.4 Å².